The Hall–Kier alpha value is -3.15. The maximum atomic E-state index is 13.5. The summed E-state index contributed by atoms with van der Waals surface area (Å²) in [6.45, 7) is 5.36. The Morgan fingerprint density at radius 3 is 2.34 bits per heavy atom. The molecular weight excluding hydrogens is 406 g/mol. The van der Waals surface area contributed by atoms with Crippen LogP contribution in [0.5, 0.6) is 0 Å². The molecule has 3 aliphatic rings. The number of aromatic nitrogens is 1. The molecule has 2 N–H and O–H groups in total. The van der Waals surface area contributed by atoms with Crippen molar-refractivity contribution in [1.82, 2.24) is 14.8 Å². The van der Waals surface area contributed by atoms with E-state index < -0.39 is 0 Å². The van der Waals surface area contributed by atoms with E-state index in [1.54, 1.807) is 18.1 Å². The lowest BCUT2D eigenvalue weighted by molar-refractivity contribution is -0.134. The minimum absolute atomic E-state index is 0.120. The largest absolute Gasteiger partial charge is 0.373 e. The zero-order chi connectivity index (χ0) is 22.9. The summed E-state index contributed by atoms with van der Waals surface area (Å²) >= 11 is 0. The summed E-state index contributed by atoms with van der Waals surface area (Å²) in [5.41, 5.74) is 1.40. The number of piperazine rings is 1. The highest BCUT2D eigenvalue weighted by Crippen LogP contribution is 2.37. The van der Waals surface area contributed by atoms with Gasteiger partial charge in [-0.2, -0.15) is 5.26 Å². The minimum atomic E-state index is -0.366. The van der Waals surface area contributed by atoms with Gasteiger partial charge in [0.2, 0.25) is 5.91 Å². The Labute approximate surface area is 188 Å². The van der Waals surface area contributed by atoms with Gasteiger partial charge in [-0.3, -0.25) is 9.59 Å². The minimum Gasteiger partial charge on any atom is -0.373 e. The molecule has 0 unspecified atom stereocenters. The van der Waals surface area contributed by atoms with Gasteiger partial charge in [-0.25, -0.2) is 4.98 Å². The number of hydrogen-bond donors (Lipinski definition) is 2. The second kappa shape index (κ2) is 8.77. The number of nitrogens with zero attached hydrogens (tertiary/aromatic N) is 5. The van der Waals surface area contributed by atoms with E-state index in [-0.39, 0.29) is 23.1 Å². The molecule has 0 spiro atoms. The van der Waals surface area contributed by atoms with Crippen LogP contribution in [0, 0.1) is 28.1 Å². The third-order valence-corrected chi connectivity index (χ3v) is 6.96. The third-order valence-electron chi connectivity index (χ3n) is 6.96. The van der Waals surface area contributed by atoms with Gasteiger partial charge in [-0.05, 0) is 32.6 Å². The summed E-state index contributed by atoms with van der Waals surface area (Å²) in [7, 11) is 1.75. The molecule has 2 saturated heterocycles. The molecule has 0 aromatic carbocycles. The molecule has 0 bridgehead atoms. The zero-order valence-electron chi connectivity index (χ0n) is 18.9. The van der Waals surface area contributed by atoms with Crippen LogP contribution in [0.3, 0.4) is 0 Å². The van der Waals surface area contributed by atoms with Crippen molar-refractivity contribution in [2.75, 3.05) is 56.5 Å². The van der Waals surface area contributed by atoms with Crippen LogP contribution in [0.15, 0.2) is 6.20 Å². The van der Waals surface area contributed by atoms with Crippen LogP contribution in [0.4, 0.5) is 11.5 Å². The van der Waals surface area contributed by atoms with Gasteiger partial charge in [-0.1, -0.05) is 0 Å². The van der Waals surface area contributed by atoms with Gasteiger partial charge in [0.15, 0.2) is 0 Å². The van der Waals surface area contributed by atoms with Gasteiger partial charge < -0.3 is 25.4 Å². The third kappa shape index (κ3) is 4.14. The molecule has 9 nitrogen and oxygen atoms in total. The Morgan fingerprint density at radius 2 is 1.81 bits per heavy atom. The van der Waals surface area contributed by atoms with E-state index in [2.05, 4.69) is 21.3 Å². The van der Waals surface area contributed by atoms with E-state index in [0.717, 1.165) is 12.8 Å². The molecule has 170 valence electrons. The lowest BCUT2D eigenvalue weighted by Gasteiger charge is -2.39. The number of piperidine rings is 1. The van der Waals surface area contributed by atoms with Gasteiger partial charge in [0.25, 0.3) is 5.91 Å². The maximum absolute atomic E-state index is 13.5. The first-order valence-electron chi connectivity index (χ1n) is 11.4. The molecule has 4 rings (SSSR count). The summed E-state index contributed by atoms with van der Waals surface area (Å²) in [5.74, 6) is 0.846. The van der Waals surface area contributed by atoms with Crippen molar-refractivity contribution >= 4 is 29.5 Å². The smallest absolute Gasteiger partial charge is 0.257 e. The molecule has 1 aliphatic carbocycles. The second-order valence-electron chi connectivity index (χ2n) is 9.23. The normalized spacial score (nSPS) is 20.5. The van der Waals surface area contributed by atoms with Gasteiger partial charge in [0, 0.05) is 64.6 Å². The number of rotatable bonds is 5. The molecule has 1 saturated carbocycles. The van der Waals surface area contributed by atoms with E-state index in [1.807, 2.05) is 11.8 Å². The molecule has 1 aromatic rings. The highest BCUT2D eigenvalue weighted by Gasteiger charge is 2.37. The first kappa shape index (κ1) is 22.1. The van der Waals surface area contributed by atoms with Crippen LogP contribution < -0.4 is 10.2 Å². The van der Waals surface area contributed by atoms with E-state index in [0.29, 0.717) is 74.7 Å². The number of hydrogen-bond acceptors (Lipinski definition) is 7. The molecule has 2 aliphatic heterocycles. The fraction of sp³-hybridized carbons (Fsp3) is 0.609. The van der Waals surface area contributed by atoms with Crippen molar-refractivity contribution < 1.29 is 9.59 Å². The van der Waals surface area contributed by atoms with E-state index >= 15 is 0 Å². The number of anilines is 2. The van der Waals surface area contributed by atoms with Gasteiger partial charge >= 0.3 is 0 Å². The van der Waals surface area contributed by atoms with Gasteiger partial charge in [0.1, 0.15) is 5.82 Å². The standard InChI is InChI=1S/C23H31N7O2/c1-23(15-25)5-7-28(8-6-23)19-17(13-24)20(26-2)27-14-18(19)22(32)30-11-9-29(10-12-30)21(31)16-3-4-16/h13-14,16,24H,3-12H2,1-2H3,(H,26,27). The Morgan fingerprint density at radius 1 is 1.19 bits per heavy atom. The second-order valence-corrected chi connectivity index (χ2v) is 9.23. The topological polar surface area (TPSA) is 116 Å². The van der Waals surface area contributed by atoms with Crippen molar-refractivity contribution in [3.8, 4) is 6.07 Å². The number of nitrogens with one attached hydrogen (secondary N) is 2. The Bertz CT molecular complexity index is 950. The monoisotopic (exact) mass is 437 g/mol. The fourth-order valence-corrected chi connectivity index (χ4v) is 4.57. The summed E-state index contributed by atoms with van der Waals surface area (Å²) < 4.78 is 0. The Balaban J connectivity index is 1.58. The molecule has 9 heteroatoms. The van der Waals surface area contributed by atoms with Crippen LogP contribution in [-0.4, -0.2) is 79.1 Å². The number of amides is 2. The van der Waals surface area contributed by atoms with Crippen LogP contribution in [0.2, 0.25) is 0 Å². The highest BCUT2D eigenvalue weighted by molar-refractivity contribution is 6.06. The van der Waals surface area contributed by atoms with Crippen LogP contribution >= 0.6 is 0 Å². The predicted molar refractivity (Wildman–Crippen MR) is 122 cm³/mol. The molecule has 0 atom stereocenters. The lowest BCUT2D eigenvalue weighted by atomic mass is 9.81. The lowest BCUT2D eigenvalue weighted by Crippen LogP contribution is -2.51. The number of pyridine rings is 1. The van der Waals surface area contributed by atoms with Gasteiger partial charge in [-0.15, -0.1) is 0 Å². The molecule has 32 heavy (non-hydrogen) atoms. The van der Waals surface area contributed by atoms with Crippen LogP contribution in [0.1, 0.15) is 48.5 Å². The fourth-order valence-electron chi connectivity index (χ4n) is 4.57. The molecule has 2 amide bonds. The van der Waals surface area contributed by atoms with Crippen molar-refractivity contribution in [3.05, 3.63) is 17.3 Å². The van der Waals surface area contributed by atoms with E-state index in [9.17, 15) is 14.9 Å². The molecule has 3 heterocycles. The molecular formula is C23H31N7O2. The maximum Gasteiger partial charge on any atom is 0.257 e. The first-order chi connectivity index (χ1) is 15.4. The molecule has 0 radical (unpaired) electrons. The SMILES string of the molecule is CNc1ncc(C(=O)N2CCN(C(=O)C3CC3)CC2)c(N2CCC(C)(C#N)CC2)c1C=N. The van der Waals surface area contributed by atoms with Crippen molar-refractivity contribution in [3.63, 3.8) is 0 Å². The highest BCUT2D eigenvalue weighted by atomic mass is 16.2. The number of carbonyl (C=O) groups is 2. The summed E-state index contributed by atoms with van der Waals surface area (Å²) in [6.07, 6.45) is 6.21. The predicted octanol–water partition coefficient (Wildman–Crippen LogP) is 1.95. The summed E-state index contributed by atoms with van der Waals surface area (Å²) in [5, 5.41) is 20.5. The average molecular weight is 438 g/mol. The van der Waals surface area contributed by atoms with E-state index in [4.69, 9.17) is 5.41 Å². The van der Waals surface area contributed by atoms with Crippen molar-refractivity contribution in [2.45, 2.75) is 32.6 Å². The van der Waals surface area contributed by atoms with Crippen LogP contribution in [0.25, 0.3) is 0 Å². The quantitative estimate of drug-likeness (QED) is 0.680. The van der Waals surface area contributed by atoms with Gasteiger partial charge in [0.05, 0.1) is 28.3 Å². The first-order valence-corrected chi connectivity index (χ1v) is 11.4. The molecule has 1 aromatic heterocycles. The number of nitriles is 1. The van der Waals surface area contributed by atoms with E-state index in [1.165, 1.54) is 6.21 Å². The van der Waals surface area contributed by atoms with Crippen molar-refractivity contribution in [2.24, 2.45) is 11.3 Å². The summed E-state index contributed by atoms with van der Waals surface area (Å²) in [6, 6.07) is 2.41. The van der Waals surface area contributed by atoms with Crippen molar-refractivity contribution in [1.29, 1.82) is 10.7 Å². The van der Waals surface area contributed by atoms with Crippen LogP contribution in [-0.2, 0) is 4.79 Å². The zero-order valence-corrected chi connectivity index (χ0v) is 18.9. The average Bonchev–Trinajstić information content (AvgIpc) is 3.68. The Kier molecular flexibility index (Phi) is 6.04. The summed E-state index contributed by atoms with van der Waals surface area (Å²) in [4.78, 5) is 36.1. The number of carbonyl (C=O) groups excluding carboxylic acids is 2. The molecule has 3 fully saturated rings.